The monoisotopic (exact) mass is 337 g/mol. The third-order valence-electron chi connectivity index (χ3n) is 2.54. The maximum Gasteiger partial charge on any atom is 0.338 e. The highest BCUT2D eigenvalue weighted by Crippen LogP contribution is 2.17. The van der Waals surface area contributed by atoms with E-state index in [1.165, 1.54) is 6.07 Å². The van der Waals surface area contributed by atoms with Gasteiger partial charge in [-0.1, -0.05) is 22.0 Å². The summed E-state index contributed by atoms with van der Waals surface area (Å²) in [5, 5.41) is 11.2. The Hall–Kier alpha value is -2.21. The van der Waals surface area contributed by atoms with Crippen LogP contribution in [0.3, 0.4) is 0 Å². The second-order valence-corrected chi connectivity index (χ2v) is 4.88. The molecule has 2 aromatic rings. The predicted molar refractivity (Wildman–Crippen MR) is 75.5 cm³/mol. The van der Waals surface area contributed by atoms with Crippen molar-refractivity contribution in [2.24, 2.45) is 0 Å². The molecule has 4 nitrogen and oxygen atoms in total. The number of benzene rings is 2. The summed E-state index contributed by atoms with van der Waals surface area (Å²) in [7, 11) is 0. The van der Waals surface area contributed by atoms with Gasteiger partial charge < -0.3 is 10.4 Å². The fourth-order valence-electron chi connectivity index (χ4n) is 1.60. The topological polar surface area (TPSA) is 66.4 Å². The number of carbonyl (C=O) groups excluding carboxylic acids is 1. The van der Waals surface area contributed by atoms with Crippen LogP contribution in [-0.2, 0) is 0 Å². The molecule has 6 heteroatoms. The van der Waals surface area contributed by atoms with E-state index >= 15 is 0 Å². The van der Waals surface area contributed by atoms with Crippen LogP contribution >= 0.6 is 15.9 Å². The van der Waals surface area contributed by atoms with Gasteiger partial charge in [0.05, 0.1) is 5.56 Å². The van der Waals surface area contributed by atoms with Crippen LogP contribution in [0.1, 0.15) is 20.7 Å². The zero-order valence-corrected chi connectivity index (χ0v) is 11.6. The molecule has 0 aliphatic carbocycles. The van der Waals surface area contributed by atoms with Crippen molar-refractivity contribution in [3.05, 3.63) is 63.9 Å². The number of halogens is 2. The van der Waals surface area contributed by atoms with Crippen LogP contribution in [0.5, 0.6) is 0 Å². The highest BCUT2D eigenvalue weighted by atomic mass is 79.9. The number of carbonyl (C=O) groups is 2. The van der Waals surface area contributed by atoms with Crippen molar-refractivity contribution in [3.63, 3.8) is 0 Å². The van der Waals surface area contributed by atoms with Crippen LogP contribution in [0.15, 0.2) is 46.9 Å². The first kappa shape index (κ1) is 14.2. The third kappa shape index (κ3) is 3.21. The Kier molecular flexibility index (Phi) is 4.14. The second kappa shape index (κ2) is 5.83. The standard InChI is InChI=1S/C14H9BrFNO3/c15-9-3-1-2-8(6-9)13(18)17-10-4-5-11(14(19)20)12(16)7-10/h1-7H,(H,17,18)(H,19,20). The van der Waals surface area contributed by atoms with Crippen LogP contribution in [0.4, 0.5) is 10.1 Å². The molecule has 20 heavy (non-hydrogen) atoms. The zero-order chi connectivity index (χ0) is 14.7. The average Bonchev–Trinajstić information content (AvgIpc) is 2.38. The van der Waals surface area contributed by atoms with Crippen LogP contribution in [0.2, 0.25) is 0 Å². The summed E-state index contributed by atoms with van der Waals surface area (Å²) in [6, 6.07) is 10.1. The Morgan fingerprint density at radius 1 is 1.15 bits per heavy atom. The van der Waals surface area contributed by atoms with Gasteiger partial charge in [-0.15, -0.1) is 0 Å². The zero-order valence-electron chi connectivity index (χ0n) is 10.1. The number of nitrogens with one attached hydrogen (secondary N) is 1. The molecular formula is C14H9BrFNO3. The van der Waals surface area contributed by atoms with Crippen molar-refractivity contribution in [2.75, 3.05) is 5.32 Å². The lowest BCUT2D eigenvalue weighted by molar-refractivity contribution is 0.0692. The quantitative estimate of drug-likeness (QED) is 0.900. The van der Waals surface area contributed by atoms with Gasteiger partial charge in [0.15, 0.2) is 0 Å². The first-order valence-electron chi connectivity index (χ1n) is 5.57. The van der Waals surface area contributed by atoms with E-state index in [2.05, 4.69) is 21.2 Å². The van der Waals surface area contributed by atoms with Gasteiger partial charge in [0.1, 0.15) is 5.82 Å². The molecule has 0 atom stereocenters. The highest BCUT2D eigenvalue weighted by Gasteiger charge is 2.12. The smallest absolute Gasteiger partial charge is 0.338 e. The first-order chi connectivity index (χ1) is 9.47. The van der Waals surface area contributed by atoms with E-state index in [1.807, 2.05) is 0 Å². The highest BCUT2D eigenvalue weighted by molar-refractivity contribution is 9.10. The van der Waals surface area contributed by atoms with Crippen molar-refractivity contribution < 1.29 is 19.1 Å². The molecule has 1 amide bonds. The van der Waals surface area contributed by atoms with E-state index in [1.54, 1.807) is 24.3 Å². The molecular weight excluding hydrogens is 329 g/mol. The van der Waals surface area contributed by atoms with Gasteiger partial charge in [0, 0.05) is 15.7 Å². The molecule has 2 rings (SSSR count). The lowest BCUT2D eigenvalue weighted by Gasteiger charge is -2.06. The van der Waals surface area contributed by atoms with Crippen molar-refractivity contribution in [3.8, 4) is 0 Å². The third-order valence-corrected chi connectivity index (χ3v) is 3.04. The molecule has 0 bridgehead atoms. The summed E-state index contributed by atoms with van der Waals surface area (Å²) >= 11 is 3.25. The van der Waals surface area contributed by atoms with Crippen molar-refractivity contribution in [2.45, 2.75) is 0 Å². The minimum absolute atomic E-state index is 0.192. The fourth-order valence-corrected chi connectivity index (χ4v) is 2.00. The summed E-state index contributed by atoms with van der Waals surface area (Å²) in [5.41, 5.74) is 0.157. The van der Waals surface area contributed by atoms with Crippen LogP contribution in [0.25, 0.3) is 0 Å². The van der Waals surface area contributed by atoms with Gasteiger partial charge in [-0.3, -0.25) is 4.79 Å². The molecule has 0 saturated carbocycles. The lowest BCUT2D eigenvalue weighted by Crippen LogP contribution is -2.12. The number of anilines is 1. The fraction of sp³-hybridized carbons (Fsp3) is 0. The average molecular weight is 338 g/mol. The summed E-state index contributed by atoms with van der Waals surface area (Å²) in [4.78, 5) is 22.6. The van der Waals surface area contributed by atoms with Gasteiger partial charge in [-0.25, -0.2) is 9.18 Å². The summed E-state index contributed by atoms with van der Waals surface area (Å²) in [5.74, 6) is -2.66. The second-order valence-electron chi connectivity index (χ2n) is 3.96. The van der Waals surface area contributed by atoms with E-state index in [9.17, 15) is 14.0 Å². The van der Waals surface area contributed by atoms with Crippen molar-refractivity contribution >= 4 is 33.5 Å². The first-order valence-corrected chi connectivity index (χ1v) is 6.36. The number of hydrogen-bond acceptors (Lipinski definition) is 2. The molecule has 2 N–H and O–H groups in total. The molecule has 102 valence electrons. The number of aromatic carboxylic acids is 1. The summed E-state index contributed by atoms with van der Waals surface area (Å²) < 4.78 is 14.2. The molecule has 0 saturated heterocycles. The van der Waals surface area contributed by atoms with E-state index in [4.69, 9.17) is 5.11 Å². The number of carboxylic acid groups (broad SMARTS) is 1. The molecule has 0 heterocycles. The molecule has 0 fully saturated rings. The normalized spacial score (nSPS) is 10.1. The Balaban J connectivity index is 2.20. The van der Waals surface area contributed by atoms with Gasteiger partial charge in [-0.05, 0) is 36.4 Å². The van der Waals surface area contributed by atoms with E-state index in [0.717, 1.165) is 16.6 Å². The Morgan fingerprint density at radius 2 is 1.90 bits per heavy atom. The maximum absolute atomic E-state index is 13.5. The molecule has 0 aromatic heterocycles. The van der Waals surface area contributed by atoms with Crippen molar-refractivity contribution in [1.82, 2.24) is 0 Å². The SMILES string of the molecule is O=C(Nc1ccc(C(=O)O)c(F)c1)c1cccc(Br)c1. The maximum atomic E-state index is 13.5. The van der Waals surface area contributed by atoms with E-state index in [-0.39, 0.29) is 5.69 Å². The van der Waals surface area contributed by atoms with E-state index in [0.29, 0.717) is 5.56 Å². The van der Waals surface area contributed by atoms with Crippen molar-refractivity contribution in [1.29, 1.82) is 0 Å². The van der Waals surface area contributed by atoms with Crippen LogP contribution < -0.4 is 5.32 Å². The number of carboxylic acids is 1. The number of rotatable bonds is 3. The lowest BCUT2D eigenvalue weighted by atomic mass is 10.1. The van der Waals surface area contributed by atoms with Gasteiger partial charge in [0.25, 0.3) is 5.91 Å². The van der Waals surface area contributed by atoms with E-state index < -0.39 is 23.3 Å². The molecule has 0 radical (unpaired) electrons. The Labute approximate surface area is 122 Å². The number of amides is 1. The van der Waals surface area contributed by atoms with Crippen LogP contribution in [-0.4, -0.2) is 17.0 Å². The molecule has 0 unspecified atom stereocenters. The predicted octanol–water partition coefficient (Wildman–Crippen LogP) is 3.54. The van der Waals surface area contributed by atoms with Crippen LogP contribution in [0, 0.1) is 5.82 Å². The Morgan fingerprint density at radius 3 is 2.50 bits per heavy atom. The van der Waals surface area contributed by atoms with Gasteiger partial charge >= 0.3 is 5.97 Å². The summed E-state index contributed by atoms with van der Waals surface area (Å²) in [6.07, 6.45) is 0. The Bertz CT molecular complexity index is 688. The number of hydrogen-bond donors (Lipinski definition) is 2. The molecule has 0 spiro atoms. The minimum Gasteiger partial charge on any atom is -0.478 e. The minimum atomic E-state index is -1.35. The van der Waals surface area contributed by atoms with Gasteiger partial charge in [0.2, 0.25) is 0 Å². The molecule has 0 aliphatic rings. The largest absolute Gasteiger partial charge is 0.478 e. The molecule has 2 aromatic carbocycles. The molecule has 0 aliphatic heterocycles. The summed E-state index contributed by atoms with van der Waals surface area (Å²) in [6.45, 7) is 0. The van der Waals surface area contributed by atoms with Gasteiger partial charge in [-0.2, -0.15) is 0 Å².